The molecule has 2 unspecified atom stereocenters. The second-order valence-corrected chi connectivity index (χ2v) is 12.6. The zero-order valence-corrected chi connectivity index (χ0v) is 21.7. The van der Waals surface area contributed by atoms with E-state index < -0.39 is 31.5 Å². The van der Waals surface area contributed by atoms with Crippen LogP contribution in [0.1, 0.15) is 44.9 Å². The Kier molecular flexibility index (Phi) is 9.54. The summed E-state index contributed by atoms with van der Waals surface area (Å²) < 4.78 is 62.2. The van der Waals surface area contributed by atoms with Crippen molar-refractivity contribution in [1.82, 2.24) is 15.8 Å². The van der Waals surface area contributed by atoms with Crippen LogP contribution in [-0.4, -0.2) is 69.4 Å². The molecule has 202 valence electrons. The number of rotatable bonds is 10. The number of hydrogen-bond acceptors (Lipinski definition) is 11. The number of nitrogens with two attached hydrogens (primary N) is 2. The number of likely N-dealkylation sites (N-methyl/N-ethyl adjacent to an activating group) is 1. The maximum absolute atomic E-state index is 12.2. The quantitative estimate of drug-likeness (QED) is 0.0842. The molecule has 3 aliphatic rings. The van der Waals surface area contributed by atoms with Crippen LogP contribution in [0.3, 0.4) is 0 Å². The number of hydrazine groups is 1. The number of nitrogens with one attached hydrogen (secondary N) is 2. The van der Waals surface area contributed by atoms with Gasteiger partial charge >= 0.3 is 0 Å². The number of nitrogens with zero attached hydrogens (tertiary/aromatic N) is 4. The van der Waals surface area contributed by atoms with E-state index in [-0.39, 0.29) is 29.6 Å². The predicted molar refractivity (Wildman–Crippen MR) is 133 cm³/mol. The topological polar surface area (TPSA) is 226 Å². The van der Waals surface area contributed by atoms with E-state index in [1.807, 2.05) is 6.08 Å². The number of hydrogen-bond donors (Lipinski definition) is 5. The average molecular weight is 547 g/mol. The molecule has 7 N–H and O–H groups in total. The van der Waals surface area contributed by atoms with Crippen molar-refractivity contribution in [2.75, 3.05) is 13.6 Å². The number of azide groups is 1. The molecule has 0 aromatic carbocycles. The SMILES string of the molecule is CN(NC1CC[C@@H](NC2CCC(S(=O)(=O)ON)CC2)C=C1S(=O)(=O)O)C1CC=C(N)C=C1CN=[N+]=[N-]. The Labute approximate surface area is 211 Å². The highest BCUT2D eigenvalue weighted by Crippen LogP contribution is 2.29. The Morgan fingerprint density at radius 1 is 1.22 bits per heavy atom. The molecule has 0 spiro atoms. The highest BCUT2D eigenvalue weighted by Gasteiger charge is 2.35. The lowest BCUT2D eigenvalue weighted by molar-refractivity contribution is 0.157. The van der Waals surface area contributed by atoms with E-state index in [1.54, 1.807) is 18.1 Å². The smallest absolute Gasteiger partial charge is 0.291 e. The van der Waals surface area contributed by atoms with Gasteiger partial charge in [0.1, 0.15) is 0 Å². The van der Waals surface area contributed by atoms with E-state index in [1.165, 1.54) is 6.08 Å². The second kappa shape index (κ2) is 12.0. The van der Waals surface area contributed by atoms with Crippen molar-refractivity contribution in [1.29, 1.82) is 0 Å². The van der Waals surface area contributed by atoms with Gasteiger partial charge < -0.3 is 11.1 Å². The Hall–Kier alpha value is -2.01. The summed E-state index contributed by atoms with van der Waals surface area (Å²) in [5.74, 6) is 4.88. The van der Waals surface area contributed by atoms with Crippen LogP contribution >= 0.6 is 0 Å². The maximum atomic E-state index is 12.2. The van der Waals surface area contributed by atoms with Crippen LogP contribution < -0.4 is 22.4 Å². The first-order valence-corrected chi connectivity index (χ1v) is 14.6. The van der Waals surface area contributed by atoms with Gasteiger partial charge in [-0.05, 0) is 68.2 Å². The van der Waals surface area contributed by atoms with Gasteiger partial charge in [-0.2, -0.15) is 27.0 Å². The third-order valence-electron chi connectivity index (χ3n) is 6.94. The summed E-state index contributed by atoms with van der Waals surface area (Å²) in [6, 6.07) is -1.18. The fourth-order valence-corrected chi connectivity index (χ4v) is 6.96. The summed E-state index contributed by atoms with van der Waals surface area (Å²) in [6.07, 6.45) is 8.59. The van der Waals surface area contributed by atoms with Crippen LogP contribution in [0, 0.1) is 0 Å². The van der Waals surface area contributed by atoms with Crippen LogP contribution in [-0.2, 0) is 24.5 Å². The van der Waals surface area contributed by atoms with Gasteiger partial charge in [0.05, 0.1) is 16.2 Å². The van der Waals surface area contributed by atoms with Crippen molar-refractivity contribution in [3.05, 3.63) is 44.8 Å². The molecule has 0 amide bonds. The molecule has 1 fully saturated rings. The van der Waals surface area contributed by atoms with Gasteiger partial charge in [0.25, 0.3) is 20.2 Å². The molecule has 0 radical (unpaired) electrons. The number of allylic oxidation sites excluding steroid dienone is 1. The lowest BCUT2D eigenvalue weighted by Gasteiger charge is -2.38. The molecule has 0 aromatic heterocycles. The first kappa shape index (κ1) is 28.6. The van der Waals surface area contributed by atoms with Crippen molar-refractivity contribution < 1.29 is 25.7 Å². The summed E-state index contributed by atoms with van der Waals surface area (Å²) in [5, 5.41) is 8.11. The zero-order valence-electron chi connectivity index (χ0n) is 20.0. The van der Waals surface area contributed by atoms with E-state index in [0.29, 0.717) is 50.6 Å². The predicted octanol–water partition coefficient (Wildman–Crippen LogP) is 0.698. The van der Waals surface area contributed by atoms with E-state index in [9.17, 15) is 21.4 Å². The first-order chi connectivity index (χ1) is 16.9. The van der Waals surface area contributed by atoms with E-state index in [4.69, 9.17) is 17.2 Å². The normalized spacial score (nSPS) is 29.7. The molecule has 16 heteroatoms. The molecule has 14 nitrogen and oxygen atoms in total. The zero-order chi connectivity index (χ0) is 26.5. The lowest BCUT2D eigenvalue weighted by Crippen LogP contribution is -2.53. The summed E-state index contributed by atoms with van der Waals surface area (Å²) in [7, 11) is -6.50. The van der Waals surface area contributed by atoms with Crippen molar-refractivity contribution in [2.45, 2.75) is 74.4 Å². The summed E-state index contributed by atoms with van der Waals surface area (Å²) in [4.78, 5) is 2.67. The minimum atomic E-state index is -4.48. The highest BCUT2D eigenvalue weighted by atomic mass is 32.2. The van der Waals surface area contributed by atoms with E-state index in [0.717, 1.165) is 5.57 Å². The summed E-state index contributed by atoms with van der Waals surface area (Å²) >= 11 is 0. The molecule has 0 aliphatic heterocycles. The third-order valence-corrected chi connectivity index (χ3v) is 9.51. The monoisotopic (exact) mass is 546 g/mol. The Bertz CT molecular complexity index is 1150. The highest BCUT2D eigenvalue weighted by molar-refractivity contribution is 7.89. The van der Waals surface area contributed by atoms with E-state index >= 15 is 0 Å². The maximum Gasteiger partial charge on any atom is 0.291 e. The summed E-state index contributed by atoms with van der Waals surface area (Å²) in [6.45, 7) is 0.125. The van der Waals surface area contributed by atoms with Crippen LogP contribution in [0.4, 0.5) is 0 Å². The standard InChI is InChI=1S/C20H34N8O6S2/c1-28(19-9-2-14(21)10-13(19)12-24-27-22)26-18-8-5-16(11-20(18)35(29,30)31)25-15-3-6-17(7-4-15)36(32,33)34-23/h2,10-11,15-19,25-26H,3-9,12,21,23H2,1H3,(H,29,30,31)/t15?,16-,17?,18?,19?/m1/s1. The molecule has 1 saturated carbocycles. The van der Waals surface area contributed by atoms with Crippen molar-refractivity contribution in [3.8, 4) is 0 Å². The average Bonchev–Trinajstić information content (AvgIpc) is 2.83. The molecule has 3 rings (SSSR count). The van der Waals surface area contributed by atoms with Gasteiger partial charge in [-0.25, -0.2) is 10.4 Å². The fraction of sp³-hybridized carbons (Fsp3) is 0.700. The van der Waals surface area contributed by atoms with Crippen molar-refractivity contribution >= 4 is 20.2 Å². The summed E-state index contributed by atoms with van der Waals surface area (Å²) in [5.41, 5.74) is 19.1. The second-order valence-electron chi connectivity index (χ2n) is 9.31. The van der Waals surface area contributed by atoms with E-state index in [2.05, 4.69) is 25.1 Å². The van der Waals surface area contributed by atoms with Crippen molar-refractivity contribution in [2.24, 2.45) is 16.7 Å². The van der Waals surface area contributed by atoms with Gasteiger partial charge in [-0.1, -0.05) is 11.2 Å². The Balaban J connectivity index is 1.67. The molecular weight excluding hydrogens is 512 g/mol. The molecule has 3 atom stereocenters. The molecule has 0 heterocycles. The van der Waals surface area contributed by atoms with Crippen LogP contribution in [0.2, 0.25) is 0 Å². The fourth-order valence-electron chi connectivity index (χ4n) is 5.09. The first-order valence-electron chi connectivity index (χ1n) is 11.7. The van der Waals surface area contributed by atoms with Gasteiger partial charge in [0, 0.05) is 42.3 Å². The van der Waals surface area contributed by atoms with Crippen LogP contribution in [0.15, 0.2) is 39.5 Å². The van der Waals surface area contributed by atoms with Gasteiger partial charge in [0.2, 0.25) is 0 Å². The van der Waals surface area contributed by atoms with Crippen LogP contribution in [0.25, 0.3) is 10.4 Å². The third kappa shape index (κ3) is 7.27. The Morgan fingerprint density at radius 2 is 1.92 bits per heavy atom. The van der Waals surface area contributed by atoms with Gasteiger partial charge in [-0.3, -0.25) is 4.55 Å². The Morgan fingerprint density at radius 3 is 2.53 bits per heavy atom. The molecule has 0 aromatic rings. The molecular formula is C20H34N8O6S2. The minimum Gasteiger partial charge on any atom is -0.399 e. The van der Waals surface area contributed by atoms with Crippen LogP contribution in [0.5, 0.6) is 0 Å². The van der Waals surface area contributed by atoms with Crippen molar-refractivity contribution in [3.63, 3.8) is 0 Å². The molecule has 0 saturated heterocycles. The van der Waals surface area contributed by atoms with Gasteiger partial charge in [0.15, 0.2) is 0 Å². The lowest BCUT2D eigenvalue weighted by atomic mass is 9.92. The largest absolute Gasteiger partial charge is 0.399 e. The molecule has 0 bridgehead atoms. The molecule has 36 heavy (non-hydrogen) atoms. The van der Waals surface area contributed by atoms with Gasteiger partial charge in [-0.15, -0.1) is 0 Å². The minimum absolute atomic E-state index is 0.00169. The molecule has 3 aliphatic carbocycles.